The zero-order chi connectivity index (χ0) is 10.7. The van der Waals surface area contributed by atoms with Crippen LogP contribution >= 0.6 is 11.3 Å². The summed E-state index contributed by atoms with van der Waals surface area (Å²) in [5.41, 5.74) is 1.93. The zero-order valence-electron chi connectivity index (χ0n) is 8.46. The fraction of sp³-hybridized carbons (Fsp3) is 0.167. The highest BCUT2D eigenvalue weighted by Gasteiger charge is 1.99. The number of thiophene rings is 1. The maximum absolute atomic E-state index is 12.8. The summed E-state index contributed by atoms with van der Waals surface area (Å²) in [5.74, 6) is -0.186. The Morgan fingerprint density at radius 3 is 2.87 bits per heavy atom. The Morgan fingerprint density at radius 1 is 1.33 bits per heavy atom. The molecule has 3 heteroatoms. The molecule has 0 bridgehead atoms. The van der Waals surface area contributed by atoms with E-state index in [1.165, 1.54) is 17.0 Å². The third-order valence-corrected chi connectivity index (χ3v) is 3.10. The average Bonchev–Trinajstić information content (AvgIpc) is 2.69. The maximum atomic E-state index is 12.8. The predicted octanol–water partition coefficient (Wildman–Crippen LogP) is 3.81. The van der Waals surface area contributed by atoms with E-state index in [2.05, 4.69) is 16.8 Å². The number of hydrogen-bond donors (Lipinski definition) is 1. The van der Waals surface area contributed by atoms with Gasteiger partial charge in [-0.1, -0.05) is 6.07 Å². The molecule has 0 aliphatic heterocycles. The van der Waals surface area contributed by atoms with Gasteiger partial charge in [-0.25, -0.2) is 4.39 Å². The van der Waals surface area contributed by atoms with Crippen molar-refractivity contribution in [2.45, 2.75) is 13.5 Å². The molecule has 0 atom stereocenters. The minimum atomic E-state index is -0.186. The Kier molecular flexibility index (Phi) is 3.02. The van der Waals surface area contributed by atoms with E-state index in [0.29, 0.717) is 0 Å². The molecule has 1 aromatic carbocycles. The van der Waals surface area contributed by atoms with Crippen LogP contribution in [-0.4, -0.2) is 0 Å². The number of benzene rings is 1. The molecule has 0 aliphatic rings. The summed E-state index contributed by atoms with van der Waals surface area (Å²) in [5, 5.41) is 5.34. The number of anilines is 1. The van der Waals surface area contributed by atoms with E-state index < -0.39 is 0 Å². The van der Waals surface area contributed by atoms with Gasteiger partial charge in [-0.2, -0.15) is 0 Å². The molecule has 15 heavy (non-hydrogen) atoms. The largest absolute Gasteiger partial charge is 0.380 e. The van der Waals surface area contributed by atoms with Crippen molar-refractivity contribution in [3.05, 3.63) is 52.0 Å². The van der Waals surface area contributed by atoms with Gasteiger partial charge in [-0.15, -0.1) is 11.3 Å². The molecule has 0 spiro atoms. The second kappa shape index (κ2) is 4.45. The number of halogens is 1. The van der Waals surface area contributed by atoms with Gasteiger partial charge < -0.3 is 5.32 Å². The lowest BCUT2D eigenvalue weighted by Gasteiger charge is -2.08. The van der Waals surface area contributed by atoms with Crippen molar-refractivity contribution < 1.29 is 4.39 Å². The van der Waals surface area contributed by atoms with E-state index in [1.807, 2.05) is 13.0 Å². The highest BCUT2D eigenvalue weighted by molar-refractivity contribution is 7.09. The van der Waals surface area contributed by atoms with Crippen molar-refractivity contribution in [2.75, 3.05) is 5.32 Å². The van der Waals surface area contributed by atoms with Crippen LogP contribution in [0.4, 0.5) is 10.1 Å². The second-order valence-electron chi connectivity index (χ2n) is 3.39. The van der Waals surface area contributed by atoms with E-state index in [-0.39, 0.29) is 5.82 Å². The topological polar surface area (TPSA) is 12.0 Å². The summed E-state index contributed by atoms with van der Waals surface area (Å²) in [6.07, 6.45) is 0. The summed E-state index contributed by atoms with van der Waals surface area (Å²) in [7, 11) is 0. The third kappa shape index (κ3) is 2.57. The van der Waals surface area contributed by atoms with Gasteiger partial charge in [0.05, 0.1) is 0 Å². The van der Waals surface area contributed by atoms with Crippen molar-refractivity contribution in [1.82, 2.24) is 0 Å². The molecule has 2 aromatic rings. The summed E-state index contributed by atoms with van der Waals surface area (Å²) < 4.78 is 12.8. The van der Waals surface area contributed by atoms with Crippen LogP contribution in [0.1, 0.15) is 10.4 Å². The number of rotatable bonds is 3. The molecular weight excluding hydrogens is 209 g/mol. The quantitative estimate of drug-likeness (QED) is 0.831. The zero-order valence-corrected chi connectivity index (χ0v) is 9.27. The van der Waals surface area contributed by atoms with Gasteiger partial charge in [0.15, 0.2) is 0 Å². The van der Waals surface area contributed by atoms with Gasteiger partial charge >= 0.3 is 0 Å². The Morgan fingerprint density at radius 2 is 2.20 bits per heavy atom. The molecule has 0 radical (unpaired) electrons. The van der Waals surface area contributed by atoms with Crippen molar-refractivity contribution in [3.8, 4) is 0 Å². The van der Waals surface area contributed by atoms with E-state index in [0.717, 1.165) is 17.8 Å². The van der Waals surface area contributed by atoms with Crippen molar-refractivity contribution in [2.24, 2.45) is 0 Å². The first kappa shape index (κ1) is 10.2. The van der Waals surface area contributed by atoms with Gasteiger partial charge in [0.25, 0.3) is 0 Å². The van der Waals surface area contributed by atoms with Gasteiger partial charge in [-0.05, 0) is 42.1 Å². The summed E-state index contributed by atoms with van der Waals surface area (Å²) in [6, 6.07) is 8.90. The molecule has 78 valence electrons. The lowest BCUT2D eigenvalue weighted by atomic mass is 10.2. The molecule has 0 amide bonds. The highest BCUT2D eigenvalue weighted by atomic mass is 32.1. The van der Waals surface area contributed by atoms with Gasteiger partial charge in [-0.3, -0.25) is 0 Å². The molecule has 0 fully saturated rings. The lowest BCUT2D eigenvalue weighted by Crippen LogP contribution is -1.99. The predicted molar refractivity (Wildman–Crippen MR) is 62.8 cm³/mol. The second-order valence-corrected chi connectivity index (χ2v) is 4.42. The fourth-order valence-corrected chi connectivity index (χ4v) is 2.07. The minimum Gasteiger partial charge on any atom is -0.380 e. The molecule has 1 aromatic heterocycles. The first-order valence-corrected chi connectivity index (χ1v) is 5.66. The number of hydrogen-bond acceptors (Lipinski definition) is 2. The monoisotopic (exact) mass is 221 g/mol. The SMILES string of the molecule is Cc1cc(F)ccc1NCc1cccs1. The van der Waals surface area contributed by atoms with Gasteiger partial charge in [0, 0.05) is 17.1 Å². The van der Waals surface area contributed by atoms with Crippen LogP contribution in [0, 0.1) is 12.7 Å². The molecule has 0 aliphatic carbocycles. The van der Waals surface area contributed by atoms with E-state index in [9.17, 15) is 4.39 Å². The average molecular weight is 221 g/mol. The van der Waals surface area contributed by atoms with Crippen LogP contribution < -0.4 is 5.32 Å². The Balaban J connectivity index is 2.05. The lowest BCUT2D eigenvalue weighted by molar-refractivity contribution is 0.627. The molecule has 0 saturated heterocycles. The normalized spacial score (nSPS) is 10.3. The van der Waals surface area contributed by atoms with Crippen molar-refractivity contribution >= 4 is 17.0 Å². The van der Waals surface area contributed by atoms with Crippen LogP contribution in [0.3, 0.4) is 0 Å². The van der Waals surface area contributed by atoms with E-state index in [4.69, 9.17) is 0 Å². The maximum Gasteiger partial charge on any atom is 0.123 e. The molecule has 2 rings (SSSR count). The minimum absolute atomic E-state index is 0.186. The molecule has 1 nitrogen and oxygen atoms in total. The van der Waals surface area contributed by atoms with Crippen molar-refractivity contribution in [1.29, 1.82) is 0 Å². The molecule has 1 heterocycles. The summed E-state index contributed by atoms with van der Waals surface area (Å²) in [4.78, 5) is 1.28. The van der Waals surface area contributed by atoms with Crippen LogP contribution in [-0.2, 0) is 6.54 Å². The standard InChI is InChI=1S/C12H12FNS/c1-9-7-10(13)4-5-12(9)14-8-11-3-2-6-15-11/h2-7,14H,8H2,1H3. The summed E-state index contributed by atoms with van der Waals surface area (Å²) in [6.45, 7) is 2.70. The van der Waals surface area contributed by atoms with Gasteiger partial charge in [0.1, 0.15) is 5.82 Å². The fourth-order valence-electron chi connectivity index (χ4n) is 1.42. The van der Waals surface area contributed by atoms with E-state index in [1.54, 1.807) is 17.4 Å². The van der Waals surface area contributed by atoms with Crippen LogP contribution in [0.2, 0.25) is 0 Å². The molecule has 0 unspecified atom stereocenters. The van der Waals surface area contributed by atoms with Crippen LogP contribution in [0.25, 0.3) is 0 Å². The number of aryl methyl sites for hydroxylation is 1. The van der Waals surface area contributed by atoms with E-state index >= 15 is 0 Å². The Bertz CT molecular complexity index is 437. The highest BCUT2D eigenvalue weighted by Crippen LogP contribution is 2.17. The smallest absolute Gasteiger partial charge is 0.123 e. The van der Waals surface area contributed by atoms with Gasteiger partial charge in [0.2, 0.25) is 0 Å². The molecule has 1 N–H and O–H groups in total. The third-order valence-electron chi connectivity index (χ3n) is 2.22. The molecule has 0 saturated carbocycles. The first-order valence-electron chi connectivity index (χ1n) is 4.78. The van der Waals surface area contributed by atoms with Crippen LogP contribution in [0.5, 0.6) is 0 Å². The first-order chi connectivity index (χ1) is 7.25. The Hall–Kier alpha value is -1.35. The van der Waals surface area contributed by atoms with Crippen LogP contribution in [0.15, 0.2) is 35.7 Å². The molecular formula is C12H12FNS. The Labute approximate surface area is 92.6 Å². The van der Waals surface area contributed by atoms with Crippen molar-refractivity contribution in [3.63, 3.8) is 0 Å². The summed E-state index contributed by atoms with van der Waals surface area (Å²) >= 11 is 1.71. The number of nitrogens with one attached hydrogen (secondary N) is 1.